The zero-order valence-electron chi connectivity index (χ0n) is 13.6. The lowest BCUT2D eigenvalue weighted by Crippen LogP contribution is -2.38. The molecule has 1 aromatic heterocycles. The molecule has 1 aliphatic heterocycles. The summed E-state index contributed by atoms with van der Waals surface area (Å²) in [5.74, 6) is 0.494. The van der Waals surface area contributed by atoms with Crippen LogP contribution >= 0.6 is 11.6 Å². The maximum atomic E-state index is 12.2. The van der Waals surface area contributed by atoms with Gasteiger partial charge in [0.25, 0.3) is 5.91 Å². The first-order valence-electron chi connectivity index (χ1n) is 8.36. The van der Waals surface area contributed by atoms with Gasteiger partial charge in [0.1, 0.15) is 0 Å². The number of nitrogens with zero attached hydrogens (tertiary/aromatic N) is 2. The quantitative estimate of drug-likeness (QED) is 0.905. The van der Waals surface area contributed by atoms with E-state index in [4.69, 9.17) is 11.6 Å². The Kier molecular flexibility index (Phi) is 5.83. The largest absolute Gasteiger partial charge is 0.352 e. The van der Waals surface area contributed by atoms with E-state index in [0.29, 0.717) is 16.5 Å². The van der Waals surface area contributed by atoms with Crippen LogP contribution in [0.5, 0.6) is 0 Å². The second-order valence-corrected chi connectivity index (χ2v) is 6.74. The topological polar surface area (TPSA) is 45.2 Å². The molecule has 1 amide bonds. The lowest BCUT2D eigenvalue weighted by atomic mass is 9.96. The number of carbonyl (C=O) groups is 1. The van der Waals surface area contributed by atoms with Gasteiger partial charge >= 0.3 is 0 Å². The SMILES string of the molecule is O=C(NCC1CCN(Cc2cccnc2)CC1)c1cccc(Cl)c1. The number of benzene rings is 1. The number of aromatic nitrogens is 1. The normalized spacial score (nSPS) is 16.0. The minimum atomic E-state index is -0.0460. The molecule has 0 bridgehead atoms. The molecule has 24 heavy (non-hydrogen) atoms. The smallest absolute Gasteiger partial charge is 0.251 e. The molecule has 0 spiro atoms. The molecule has 0 unspecified atom stereocenters. The predicted molar refractivity (Wildman–Crippen MR) is 96.0 cm³/mol. The maximum Gasteiger partial charge on any atom is 0.251 e. The number of carbonyl (C=O) groups excluding carboxylic acids is 1. The zero-order chi connectivity index (χ0) is 16.8. The fourth-order valence-corrected chi connectivity index (χ4v) is 3.26. The fourth-order valence-electron chi connectivity index (χ4n) is 3.07. The van der Waals surface area contributed by atoms with Crippen LogP contribution in [-0.4, -0.2) is 35.4 Å². The van der Waals surface area contributed by atoms with Gasteiger partial charge < -0.3 is 5.32 Å². The van der Waals surface area contributed by atoms with E-state index in [1.807, 2.05) is 12.3 Å². The zero-order valence-corrected chi connectivity index (χ0v) is 14.4. The van der Waals surface area contributed by atoms with Crippen LogP contribution in [0.15, 0.2) is 48.8 Å². The highest BCUT2D eigenvalue weighted by Gasteiger charge is 2.20. The van der Waals surface area contributed by atoms with Gasteiger partial charge in [-0.2, -0.15) is 0 Å². The van der Waals surface area contributed by atoms with E-state index in [-0.39, 0.29) is 5.91 Å². The third kappa shape index (κ3) is 4.79. The summed E-state index contributed by atoms with van der Waals surface area (Å²) in [7, 11) is 0. The maximum absolute atomic E-state index is 12.2. The predicted octanol–water partition coefficient (Wildman–Crippen LogP) is 3.38. The molecule has 0 atom stereocenters. The van der Waals surface area contributed by atoms with Crippen LogP contribution in [0.2, 0.25) is 5.02 Å². The van der Waals surface area contributed by atoms with Gasteiger partial charge in [0.15, 0.2) is 0 Å². The Morgan fingerprint density at radius 3 is 2.79 bits per heavy atom. The molecule has 1 N–H and O–H groups in total. The molecule has 3 rings (SSSR count). The van der Waals surface area contributed by atoms with Crippen LogP contribution < -0.4 is 5.32 Å². The molecule has 1 fully saturated rings. The Labute approximate surface area is 147 Å². The molecular weight excluding hydrogens is 322 g/mol. The van der Waals surface area contributed by atoms with Crippen molar-refractivity contribution in [1.82, 2.24) is 15.2 Å². The molecule has 4 nitrogen and oxygen atoms in total. The Morgan fingerprint density at radius 2 is 2.08 bits per heavy atom. The van der Waals surface area contributed by atoms with Crippen molar-refractivity contribution in [3.8, 4) is 0 Å². The minimum Gasteiger partial charge on any atom is -0.352 e. The molecule has 5 heteroatoms. The van der Waals surface area contributed by atoms with E-state index >= 15 is 0 Å². The number of piperidine rings is 1. The van der Waals surface area contributed by atoms with Gasteiger partial charge in [-0.25, -0.2) is 0 Å². The third-order valence-corrected chi connectivity index (χ3v) is 4.71. The van der Waals surface area contributed by atoms with Crippen molar-refractivity contribution in [3.05, 3.63) is 64.9 Å². The first kappa shape index (κ1) is 16.9. The van der Waals surface area contributed by atoms with Gasteiger partial charge in [0.2, 0.25) is 0 Å². The molecule has 1 aromatic carbocycles. The van der Waals surface area contributed by atoms with Crippen molar-refractivity contribution in [1.29, 1.82) is 0 Å². The Balaban J connectivity index is 1.42. The lowest BCUT2D eigenvalue weighted by Gasteiger charge is -2.32. The molecule has 2 aromatic rings. The number of hydrogen-bond acceptors (Lipinski definition) is 3. The van der Waals surface area contributed by atoms with E-state index in [2.05, 4.69) is 21.3 Å². The highest BCUT2D eigenvalue weighted by Crippen LogP contribution is 2.18. The van der Waals surface area contributed by atoms with Crippen molar-refractivity contribution in [3.63, 3.8) is 0 Å². The van der Waals surface area contributed by atoms with Crippen molar-refractivity contribution in [2.24, 2.45) is 5.92 Å². The number of amides is 1. The van der Waals surface area contributed by atoms with Crippen LogP contribution in [0.25, 0.3) is 0 Å². The van der Waals surface area contributed by atoms with Crippen LogP contribution in [-0.2, 0) is 6.54 Å². The number of likely N-dealkylation sites (tertiary alicyclic amines) is 1. The van der Waals surface area contributed by atoms with Gasteiger partial charge in [-0.3, -0.25) is 14.7 Å². The lowest BCUT2D eigenvalue weighted by molar-refractivity contribution is 0.0935. The molecule has 1 saturated heterocycles. The molecule has 1 aliphatic rings. The summed E-state index contributed by atoms with van der Waals surface area (Å²) in [6, 6.07) is 11.2. The van der Waals surface area contributed by atoms with Gasteiger partial charge in [0, 0.05) is 36.1 Å². The van der Waals surface area contributed by atoms with E-state index in [1.165, 1.54) is 5.56 Å². The Hall–Kier alpha value is -1.91. The third-order valence-electron chi connectivity index (χ3n) is 4.47. The highest BCUT2D eigenvalue weighted by atomic mass is 35.5. The first-order valence-corrected chi connectivity index (χ1v) is 8.73. The van der Waals surface area contributed by atoms with Crippen LogP contribution in [0.3, 0.4) is 0 Å². The molecule has 2 heterocycles. The summed E-state index contributed by atoms with van der Waals surface area (Å²) in [4.78, 5) is 18.8. The summed E-state index contributed by atoms with van der Waals surface area (Å²) in [6.07, 6.45) is 5.95. The van der Waals surface area contributed by atoms with Gasteiger partial charge in [-0.05, 0) is 61.7 Å². The summed E-state index contributed by atoms with van der Waals surface area (Å²) in [5.41, 5.74) is 1.88. The van der Waals surface area contributed by atoms with Crippen LogP contribution in [0, 0.1) is 5.92 Å². The van der Waals surface area contributed by atoms with Gasteiger partial charge in [0.05, 0.1) is 0 Å². The summed E-state index contributed by atoms with van der Waals surface area (Å²) in [5, 5.41) is 3.62. The molecule has 126 valence electrons. The average molecular weight is 344 g/mol. The van der Waals surface area contributed by atoms with E-state index < -0.39 is 0 Å². The highest BCUT2D eigenvalue weighted by molar-refractivity contribution is 6.30. The average Bonchev–Trinajstić information content (AvgIpc) is 2.62. The Bertz CT molecular complexity index is 669. The standard InChI is InChI=1S/C19H22ClN3O/c20-18-5-1-4-17(11-18)19(24)22-13-15-6-9-23(10-7-15)14-16-3-2-8-21-12-16/h1-5,8,11-12,15H,6-7,9-10,13-14H2,(H,22,24). The van der Waals surface area contributed by atoms with Crippen molar-refractivity contribution >= 4 is 17.5 Å². The summed E-state index contributed by atoms with van der Waals surface area (Å²) < 4.78 is 0. The van der Waals surface area contributed by atoms with Crippen molar-refractivity contribution in [2.75, 3.05) is 19.6 Å². The van der Waals surface area contributed by atoms with Crippen molar-refractivity contribution < 1.29 is 4.79 Å². The van der Waals surface area contributed by atoms with Crippen LogP contribution in [0.1, 0.15) is 28.8 Å². The Morgan fingerprint density at radius 1 is 1.25 bits per heavy atom. The number of halogens is 1. The molecule has 0 aliphatic carbocycles. The minimum absolute atomic E-state index is 0.0460. The van der Waals surface area contributed by atoms with E-state index in [0.717, 1.165) is 39.0 Å². The monoisotopic (exact) mass is 343 g/mol. The number of rotatable bonds is 5. The van der Waals surface area contributed by atoms with Gasteiger partial charge in [-0.1, -0.05) is 23.7 Å². The fraction of sp³-hybridized carbons (Fsp3) is 0.368. The van der Waals surface area contributed by atoms with Gasteiger partial charge in [-0.15, -0.1) is 0 Å². The number of hydrogen-bond donors (Lipinski definition) is 1. The number of nitrogens with one attached hydrogen (secondary N) is 1. The molecule has 0 saturated carbocycles. The number of pyridine rings is 1. The van der Waals surface area contributed by atoms with E-state index in [9.17, 15) is 4.79 Å². The molecule has 0 radical (unpaired) electrons. The van der Waals surface area contributed by atoms with Crippen molar-refractivity contribution in [2.45, 2.75) is 19.4 Å². The molecular formula is C19H22ClN3O. The second-order valence-electron chi connectivity index (χ2n) is 6.30. The first-order chi connectivity index (χ1) is 11.7. The summed E-state index contributed by atoms with van der Waals surface area (Å²) >= 11 is 5.93. The van der Waals surface area contributed by atoms with E-state index in [1.54, 1.807) is 30.5 Å². The van der Waals surface area contributed by atoms with Crippen LogP contribution in [0.4, 0.5) is 0 Å². The second kappa shape index (κ2) is 8.27. The summed E-state index contributed by atoms with van der Waals surface area (Å²) in [6.45, 7) is 3.81.